The van der Waals surface area contributed by atoms with Crippen molar-refractivity contribution >= 4 is 23.5 Å². The molecular weight excluding hydrogens is 484 g/mol. The number of rotatable bonds is 12. The number of carbonyl (C=O) groups is 3. The molecule has 2 aromatic heterocycles. The topological polar surface area (TPSA) is 114 Å². The van der Waals surface area contributed by atoms with Crippen LogP contribution in [-0.4, -0.2) is 40.8 Å². The molecule has 1 atom stereocenters. The zero-order valence-electron chi connectivity index (χ0n) is 21.6. The van der Waals surface area contributed by atoms with Crippen molar-refractivity contribution in [2.45, 2.75) is 63.6 Å². The largest absolute Gasteiger partial charge is 0.497 e. The summed E-state index contributed by atoms with van der Waals surface area (Å²) in [7, 11) is 1.58. The van der Waals surface area contributed by atoms with E-state index in [-0.39, 0.29) is 43.1 Å². The zero-order chi connectivity index (χ0) is 26.7. The van der Waals surface area contributed by atoms with Crippen LogP contribution in [-0.2, 0) is 20.9 Å². The molecule has 3 amide bonds. The number of hydrogen-bond donors (Lipinski definition) is 2. The molecule has 1 aliphatic rings. The Morgan fingerprint density at radius 2 is 1.84 bits per heavy atom. The van der Waals surface area contributed by atoms with Crippen molar-refractivity contribution in [3.63, 3.8) is 0 Å². The van der Waals surface area contributed by atoms with Crippen LogP contribution in [0.1, 0.15) is 62.3 Å². The fraction of sp³-hybridized carbons (Fsp3) is 0.379. The highest BCUT2D eigenvalue weighted by atomic mass is 16.5. The Morgan fingerprint density at radius 1 is 1.05 bits per heavy atom. The summed E-state index contributed by atoms with van der Waals surface area (Å²) in [6.45, 7) is 0.126. The van der Waals surface area contributed by atoms with Crippen LogP contribution in [0.4, 0.5) is 5.82 Å². The number of ether oxygens (including phenoxy) is 1. The standard InChI is InChI=1S/C29H34N4O5/c1-37-23-16-14-21(15-17-23)28(29(36)31-22-8-2-3-9-22)33(20-24-10-7-19-38-24)27(35)13-6-12-26(34)32-25-11-4-5-18-30-25/h4-5,7,10-11,14-19,22,28H,2-3,6,8-9,12-13,20H2,1H3,(H,31,36)(H,30,32,34). The van der Waals surface area contributed by atoms with E-state index in [1.165, 1.54) is 0 Å². The molecule has 38 heavy (non-hydrogen) atoms. The lowest BCUT2D eigenvalue weighted by Crippen LogP contribution is -2.45. The molecule has 0 spiro atoms. The molecule has 1 saturated carbocycles. The van der Waals surface area contributed by atoms with E-state index in [0.29, 0.717) is 29.3 Å². The van der Waals surface area contributed by atoms with Gasteiger partial charge < -0.3 is 24.7 Å². The molecule has 1 aliphatic carbocycles. The first-order valence-electron chi connectivity index (χ1n) is 13.0. The van der Waals surface area contributed by atoms with Gasteiger partial charge >= 0.3 is 0 Å². The van der Waals surface area contributed by atoms with Crippen LogP contribution >= 0.6 is 0 Å². The van der Waals surface area contributed by atoms with E-state index in [0.717, 1.165) is 25.7 Å². The lowest BCUT2D eigenvalue weighted by Gasteiger charge is -2.32. The van der Waals surface area contributed by atoms with E-state index < -0.39 is 6.04 Å². The van der Waals surface area contributed by atoms with Gasteiger partial charge in [-0.1, -0.05) is 31.0 Å². The molecule has 0 bridgehead atoms. The van der Waals surface area contributed by atoms with Gasteiger partial charge in [0.1, 0.15) is 23.4 Å². The normalized spacial score (nSPS) is 14.0. The van der Waals surface area contributed by atoms with Crippen LogP contribution in [0.5, 0.6) is 5.75 Å². The van der Waals surface area contributed by atoms with Crippen LogP contribution in [0.3, 0.4) is 0 Å². The van der Waals surface area contributed by atoms with Crippen molar-refractivity contribution in [3.8, 4) is 5.75 Å². The van der Waals surface area contributed by atoms with Gasteiger partial charge in [0.25, 0.3) is 0 Å². The summed E-state index contributed by atoms with van der Waals surface area (Å²) in [6.07, 6.45) is 7.73. The molecule has 0 radical (unpaired) electrons. The molecule has 1 unspecified atom stereocenters. The maximum Gasteiger partial charge on any atom is 0.247 e. The van der Waals surface area contributed by atoms with Gasteiger partial charge in [0.05, 0.1) is 19.9 Å². The van der Waals surface area contributed by atoms with E-state index in [2.05, 4.69) is 15.6 Å². The molecule has 3 aromatic rings. The minimum atomic E-state index is -0.860. The number of anilines is 1. The Bertz CT molecular complexity index is 1180. The van der Waals surface area contributed by atoms with Gasteiger partial charge in [0.2, 0.25) is 17.7 Å². The van der Waals surface area contributed by atoms with E-state index >= 15 is 0 Å². The summed E-state index contributed by atoms with van der Waals surface area (Å²) in [4.78, 5) is 45.3. The molecule has 2 heterocycles. The van der Waals surface area contributed by atoms with Gasteiger partial charge in [-0.25, -0.2) is 4.98 Å². The highest BCUT2D eigenvalue weighted by Crippen LogP contribution is 2.28. The minimum Gasteiger partial charge on any atom is -0.497 e. The van der Waals surface area contributed by atoms with Crippen molar-refractivity contribution in [2.24, 2.45) is 0 Å². The fourth-order valence-electron chi connectivity index (χ4n) is 4.69. The van der Waals surface area contributed by atoms with Gasteiger partial charge in [-0.05, 0) is 61.2 Å². The number of aromatic nitrogens is 1. The molecular formula is C29H34N4O5. The summed E-state index contributed by atoms with van der Waals surface area (Å²) in [5, 5.41) is 5.89. The first-order valence-corrected chi connectivity index (χ1v) is 13.0. The van der Waals surface area contributed by atoms with Crippen LogP contribution in [0, 0.1) is 0 Å². The van der Waals surface area contributed by atoms with E-state index in [9.17, 15) is 14.4 Å². The molecule has 0 saturated heterocycles. The summed E-state index contributed by atoms with van der Waals surface area (Å²) >= 11 is 0. The Balaban J connectivity index is 1.51. The molecule has 1 fully saturated rings. The van der Waals surface area contributed by atoms with Gasteiger partial charge in [-0.3, -0.25) is 14.4 Å². The van der Waals surface area contributed by atoms with E-state index in [1.807, 2.05) is 0 Å². The lowest BCUT2D eigenvalue weighted by atomic mass is 10.0. The molecule has 0 aliphatic heterocycles. The fourth-order valence-corrected chi connectivity index (χ4v) is 4.69. The van der Waals surface area contributed by atoms with Crippen molar-refractivity contribution < 1.29 is 23.5 Å². The van der Waals surface area contributed by atoms with Crippen LogP contribution in [0.2, 0.25) is 0 Å². The number of methoxy groups -OCH3 is 1. The number of pyridine rings is 1. The molecule has 200 valence electrons. The van der Waals surface area contributed by atoms with Crippen molar-refractivity contribution in [3.05, 3.63) is 78.4 Å². The third-order valence-electron chi connectivity index (χ3n) is 6.65. The Kier molecular flexibility index (Phi) is 9.50. The summed E-state index contributed by atoms with van der Waals surface area (Å²) in [5.74, 6) is 1.00. The number of hydrogen-bond acceptors (Lipinski definition) is 6. The quantitative estimate of drug-likeness (QED) is 0.362. The Hall–Kier alpha value is -4.14. The van der Waals surface area contributed by atoms with E-state index in [4.69, 9.17) is 9.15 Å². The highest BCUT2D eigenvalue weighted by Gasteiger charge is 2.33. The van der Waals surface area contributed by atoms with Crippen LogP contribution in [0.25, 0.3) is 0 Å². The second kappa shape index (κ2) is 13.4. The van der Waals surface area contributed by atoms with E-state index in [1.54, 1.807) is 79.1 Å². The van der Waals surface area contributed by atoms with Crippen molar-refractivity contribution in [1.29, 1.82) is 0 Å². The minimum absolute atomic E-state index is 0.0964. The molecule has 9 nitrogen and oxygen atoms in total. The molecule has 2 N–H and O–H groups in total. The first kappa shape index (κ1) is 26.9. The first-order chi connectivity index (χ1) is 18.5. The predicted molar refractivity (Wildman–Crippen MR) is 142 cm³/mol. The number of carbonyl (C=O) groups excluding carboxylic acids is 3. The lowest BCUT2D eigenvalue weighted by molar-refractivity contribution is -0.142. The molecule has 4 rings (SSSR count). The highest BCUT2D eigenvalue weighted by molar-refractivity contribution is 5.91. The summed E-state index contributed by atoms with van der Waals surface area (Å²) in [5.41, 5.74) is 0.675. The number of nitrogens with zero attached hydrogens (tertiary/aromatic N) is 2. The maximum atomic E-state index is 13.7. The van der Waals surface area contributed by atoms with Gasteiger partial charge in [-0.2, -0.15) is 0 Å². The van der Waals surface area contributed by atoms with Crippen molar-refractivity contribution in [2.75, 3.05) is 12.4 Å². The average molecular weight is 519 g/mol. The van der Waals surface area contributed by atoms with Gasteiger partial charge in [0, 0.05) is 25.1 Å². The van der Waals surface area contributed by atoms with Gasteiger partial charge in [-0.15, -0.1) is 0 Å². The zero-order valence-corrected chi connectivity index (χ0v) is 21.6. The van der Waals surface area contributed by atoms with Crippen molar-refractivity contribution in [1.82, 2.24) is 15.2 Å². The third-order valence-corrected chi connectivity index (χ3v) is 6.65. The Labute approximate surface area is 222 Å². The third kappa shape index (κ3) is 7.44. The Morgan fingerprint density at radius 3 is 2.50 bits per heavy atom. The summed E-state index contributed by atoms with van der Waals surface area (Å²) < 4.78 is 10.8. The second-order valence-corrected chi connectivity index (χ2v) is 9.38. The number of benzene rings is 1. The SMILES string of the molecule is COc1ccc(C(C(=O)NC2CCCC2)N(Cc2ccco2)C(=O)CCCC(=O)Nc2ccccn2)cc1. The maximum absolute atomic E-state index is 13.7. The summed E-state index contributed by atoms with van der Waals surface area (Å²) in [6, 6.07) is 15.2. The number of amides is 3. The number of furan rings is 1. The number of nitrogens with one attached hydrogen (secondary N) is 2. The smallest absolute Gasteiger partial charge is 0.247 e. The van der Waals surface area contributed by atoms with Gasteiger partial charge in [0.15, 0.2) is 0 Å². The van der Waals surface area contributed by atoms with Crippen LogP contribution < -0.4 is 15.4 Å². The molecule has 1 aromatic carbocycles. The van der Waals surface area contributed by atoms with Crippen LogP contribution in [0.15, 0.2) is 71.5 Å². The average Bonchev–Trinajstić information content (AvgIpc) is 3.64. The predicted octanol–water partition coefficient (Wildman–Crippen LogP) is 4.62. The monoisotopic (exact) mass is 518 g/mol. The molecule has 9 heteroatoms. The second-order valence-electron chi connectivity index (χ2n) is 9.38.